The van der Waals surface area contributed by atoms with Crippen molar-refractivity contribution in [1.82, 2.24) is 5.32 Å². The van der Waals surface area contributed by atoms with Crippen molar-refractivity contribution in [1.29, 1.82) is 0 Å². The largest absolute Gasteiger partial charge is 1.00 e. The summed E-state index contributed by atoms with van der Waals surface area (Å²) in [4.78, 5) is 33.1. The SMILES string of the molecule is C.C.CCNC(=O)c1cc(C)c(C(=O)O)c(C)c1.Cc1cc(C(=O)O)cc(C)c1C.Cc1cc(Cl)cc(C)c1C.[Na+].[O-][Cl+][O-]. The van der Waals surface area contributed by atoms with Gasteiger partial charge in [0, 0.05) is 17.1 Å². The molecule has 0 heterocycles. The summed E-state index contributed by atoms with van der Waals surface area (Å²) in [7, 11) is 0. The zero-order valence-corrected chi connectivity index (χ0v) is 29.4. The number of carbonyl (C=O) groups excluding carboxylic acids is 1. The maximum Gasteiger partial charge on any atom is 1.00 e. The van der Waals surface area contributed by atoms with Crippen LogP contribution in [0.25, 0.3) is 0 Å². The number of halogens is 2. The molecule has 0 fully saturated rings. The molecule has 11 heteroatoms. The van der Waals surface area contributed by atoms with Gasteiger partial charge in [0.15, 0.2) is 0 Å². The fraction of sp³-hybridized carbons (Fsp3) is 0.364. The van der Waals surface area contributed by atoms with E-state index in [9.17, 15) is 14.4 Å². The number of carboxylic acids is 2. The van der Waals surface area contributed by atoms with Crippen LogP contribution in [0.3, 0.4) is 0 Å². The standard InChI is InChI=1S/C12H15NO3.C10H12O2.C9H11Cl.2CH4.ClO2.Na/c1-4-13-11(14)9-5-7(2)10(12(15)16)8(3)6-9;1-6-4-9(10(11)12)5-7(2)8(6)3;1-6-4-9(10)5-7(2)8(6)3;;;2-1-3;/h5-6H,4H2,1-3H3,(H,13,14)(H,15,16);4-5H,1-3H3,(H,11,12);4-5H,1-3H3;2*1H4;;/q;;;;;-1;+1. The molecule has 0 aliphatic rings. The van der Waals surface area contributed by atoms with E-state index in [1.54, 1.807) is 38.1 Å². The van der Waals surface area contributed by atoms with Gasteiger partial charge in [-0.05, 0) is 143 Å². The van der Waals surface area contributed by atoms with Crippen molar-refractivity contribution in [2.24, 2.45) is 0 Å². The first kappa shape index (κ1) is 48.5. The first-order chi connectivity index (χ1) is 19.0. The summed E-state index contributed by atoms with van der Waals surface area (Å²) in [6.45, 7) is 17.9. The third-order valence-electron chi connectivity index (χ3n) is 6.41. The molecular formula is C33H46Cl2NNaO7. The quantitative estimate of drug-likeness (QED) is 0.363. The van der Waals surface area contributed by atoms with E-state index < -0.39 is 23.3 Å². The van der Waals surface area contributed by atoms with Crippen molar-refractivity contribution in [3.05, 3.63) is 103 Å². The Labute approximate surface area is 294 Å². The van der Waals surface area contributed by atoms with Crippen LogP contribution in [0.15, 0.2) is 36.4 Å². The third-order valence-corrected chi connectivity index (χ3v) is 6.63. The maximum atomic E-state index is 11.6. The first-order valence-corrected chi connectivity index (χ1v) is 13.6. The molecule has 3 aromatic carbocycles. The van der Waals surface area contributed by atoms with E-state index in [2.05, 4.69) is 26.1 Å². The minimum Gasteiger partial charge on any atom is -0.544 e. The number of carboxylic acid groups (broad SMARTS) is 2. The van der Waals surface area contributed by atoms with Gasteiger partial charge in [-0.3, -0.25) is 4.79 Å². The summed E-state index contributed by atoms with van der Waals surface area (Å²) in [5, 5.41) is 21.2. The Balaban J connectivity index is -0.000000258. The molecule has 0 spiro atoms. The molecule has 240 valence electrons. The zero-order valence-electron chi connectivity index (χ0n) is 25.9. The van der Waals surface area contributed by atoms with Crippen LogP contribution in [0.5, 0.6) is 0 Å². The van der Waals surface area contributed by atoms with Crippen LogP contribution in [0.2, 0.25) is 5.02 Å². The molecule has 0 saturated heterocycles. The van der Waals surface area contributed by atoms with Gasteiger partial charge in [-0.2, -0.15) is 0 Å². The molecule has 3 aromatic rings. The van der Waals surface area contributed by atoms with Gasteiger partial charge in [0.25, 0.3) is 5.91 Å². The molecule has 0 saturated carbocycles. The van der Waals surface area contributed by atoms with E-state index in [0.717, 1.165) is 16.1 Å². The van der Waals surface area contributed by atoms with Crippen LogP contribution in [0.1, 0.15) is 97.4 Å². The first-order valence-electron chi connectivity index (χ1n) is 12.6. The molecule has 0 unspecified atom stereocenters. The van der Waals surface area contributed by atoms with Crippen molar-refractivity contribution in [2.45, 2.75) is 77.2 Å². The predicted octanol–water partition coefficient (Wildman–Crippen LogP) is 3.22. The van der Waals surface area contributed by atoms with Crippen LogP contribution in [0.4, 0.5) is 0 Å². The molecule has 0 bridgehead atoms. The molecule has 8 nitrogen and oxygen atoms in total. The number of hydrogen-bond donors (Lipinski definition) is 3. The molecule has 0 aromatic heterocycles. The Bertz CT molecular complexity index is 1310. The summed E-state index contributed by atoms with van der Waals surface area (Å²) >= 11 is 5.41. The second kappa shape index (κ2) is 23.9. The van der Waals surface area contributed by atoms with Crippen LogP contribution < -0.4 is 44.2 Å². The van der Waals surface area contributed by atoms with Crippen molar-refractivity contribution in [2.75, 3.05) is 6.54 Å². The smallest absolute Gasteiger partial charge is 0.544 e. The number of nitrogens with one attached hydrogen (secondary N) is 1. The van der Waals surface area contributed by atoms with Crippen LogP contribution in [-0.2, 0) is 0 Å². The average molecular weight is 663 g/mol. The predicted molar refractivity (Wildman–Crippen MR) is 168 cm³/mol. The summed E-state index contributed by atoms with van der Waals surface area (Å²) in [6.07, 6.45) is 0. The Morgan fingerprint density at radius 2 is 1.00 bits per heavy atom. The molecule has 44 heavy (non-hydrogen) atoms. The van der Waals surface area contributed by atoms with Gasteiger partial charge in [-0.1, -0.05) is 26.5 Å². The van der Waals surface area contributed by atoms with Crippen molar-refractivity contribution in [3.63, 3.8) is 0 Å². The number of amides is 1. The van der Waals surface area contributed by atoms with Gasteiger partial charge >= 0.3 is 41.5 Å². The Kier molecular flexibility index (Phi) is 26.3. The van der Waals surface area contributed by atoms with Gasteiger partial charge in [0.05, 0.1) is 22.5 Å². The Morgan fingerprint density at radius 1 is 0.682 bits per heavy atom. The summed E-state index contributed by atoms with van der Waals surface area (Å²) in [6, 6.07) is 10.6. The van der Waals surface area contributed by atoms with E-state index in [4.69, 9.17) is 31.1 Å². The zero-order chi connectivity index (χ0) is 32.0. The van der Waals surface area contributed by atoms with Gasteiger partial charge in [-0.15, -0.1) is 0 Å². The molecule has 1 amide bonds. The minimum absolute atomic E-state index is 0. The van der Waals surface area contributed by atoms with Gasteiger partial charge in [0.2, 0.25) is 0 Å². The average Bonchev–Trinajstić information content (AvgIpc) is 2.86. The van der Waals surface area contributed by atoms with E-state index >= 15 is 0 Å². The number of carbonyl (C=O) groups is 3. The van der Waals surface area contributed by atoms with Crippen LogP contribution in [-0.4, -0.2) is 34.6 Å². The molecule has 3 rings (SSSR count). The number of hydrogen-bond acceptors (Lipinski definition) is 5. The van der Waals surface area contributed by atoms with Gasteiger partial charge in [-0.25, -0.2) is 9.59 Å². The van der Waals surface area contributed by atoms with Crippen molar-refractivity contribution < 1.29 is 74.8 Å². The monoisotopic (exact) mass is 661 g/mol. The Hall–Kier alpha value is -2.43. The summed E-state index contributed by atoms with van der Waals surface area (Å²) in [5.41, 5.74) is 9.47. The van der Waals surface area contributed by atoms with Gasteiger partial charge in [0.1, 0.15) is 0 Å². The number of aromatic carboxylic acids is 2. The topological polar surface area (TPSA) is 150 Å². The van der Waals surface area contributed by atoms with Crippen LogP contribution in [0, 0.1) is 66.7 Å². The maximum absolute atomic E-state index is 11.6. The number of aryl methyl sites for hydroxylation is 6. The fourth-order valence-electron chi connectivity index (χ4n) is 3.84. The second-order valence-electron chi connectivity index (χ2n) is 9.42. The van der Waals surface area contributed by atoms with Crippen molar-refractivity contribution in [3.8, 4) is 0 Å². The normalized spacial score (nSPS) is 9.00. The molecule has 0 aliphatic carbocycles. The van der Waals surface area contributed by atoms with E-state index in [-0.39, 0.29) is 55.9 Å². The summed E-state index contributed by atoms with van der Waals surface area (Å²) < 4.78 is 16.5. The van der Waals surface area contributed by atoms with Crippen LogP contribution >= 0.6 is 11.6 Å². The minimum atomic E-state index is -0.961. The molecule has 0 aliphatic heterocycles. The second-order valence-corrected chi connectivity index (χ2v) is 9.98. The van der Waals surface area contributed by atoms with E-state index in [1.807, 2.05) is 39.8 Å². The number of benzene rings is 3. The van der Waals surface area contributed by atoms with E-state index in [1.165, 1.54) is 22.3 Å². The van der Waals surface area contributed by atoms with E-state index in [0.29, 0.717) is 28.8 Å². The number of rotatable bonds is 4. The fourth-order valence-corrected chi connectivity index (χ4v) is 4.16. The summed E-state index contributed by atoms with van der Waals surface area (Å²) in [5.74, 6) is -2.00. The third kappa shape index (κ3) is 16.0. The van der Waals surface area contributed by atoms with Crippen molar-refractivity contribution >= 4 is 29.4 Å². The Morgan fingerprint density at radius 3 is 1.30 bits per heavy atom. The molecular weight excluding hydrogens is 616 g/mol. The molecule has 0 atom stereocenters. The molecule has 3 N–H and O–H groups in total. The molecule has 0 radical (unpaired) electrons. The van der Waals surface area contributed by atoms with Gasteiger partial charge < -0.3 is 24.8 Å².